The lowest BCUT2D eigenvalue weighted by molar-refractivity contribution is -0.116. The predicted octanol–water partition coefficient (Wildman–Crippen LogP) is 2.19. The molecule has 3 rings (SSSR count). The lowest BCUT2D eigenvalue weighted by Crippen LogP contribution is -2.43. The zero-order chi connectivity index (χ0) is 17.6. The average molecular weight is 338 g/mol. The van der Waals surface area contributed by atoms with Gasteiger partial charge in [0.1, 0.15) is 5.82 Å². The smallest absolute Gasteiger partial charge is 0.315 e. The molecule has 25 heavy (non-hydrogen) atoms. The Balaban J connectivity index is 1.36. The van der Waals surface area contributed by atoms with Gasteiger partial charge in [0.05, 0.1) is 0 Å². The van der Waals surface area contributed by atoms with Gasteiger partial charge in [-0.15, -0.1) is 0 Å². The minimum absolute atomic E-state index is 0.114. The third kappa shape index (κ3) is 4.79. The summed E-state index contributed by atoms with van der Waals surface area (Å²) in [5.74, 6) is 0.352. The van der Waals surface area contributed by atoms with Crippen LogP contribution in [0.5, 0.6) is 0 Å². The van der Waals surface area contributed by atoms with Gasteiger partial charge in [-0.1, -0.05) is 30.3 Å². The van der Waals surface area contributed by atoms with E-state index in [0.29, 0.717) is 5.82 Å². The third-order valence-electron chi connectivity index (χ3n) is 4.18. The van der Waals surface area contributed by atoms with Crippen LogP contribution in [-0.4, -0.2) is 29.5 Å². The van der Waals surface area contributed by atoms with Crippen LogP contribution in [-0.2, 0) is 17.6 Å². The van der Waals surface area contributed by atoms with Crippen LogP contribution < -0.4 is 16.0 Å². The number of carbonyl (C=O) groups is 2. The number of fused-ring (bicyclic) bond motifs is 1. The highest BCUT2D eigenvalue weighted by Gasteiger charge is 2.22. The van der Waals surface area contributed by atoms with E-state index in [1.165, 1.54) is 11.1 Å². The van der Waals surface area contributed by atoms with Crippen molar-refractivity contribution in [2.75, 3.05) is 11.9 Å². The maximum absolute atomic E-state index is 12.0. The van der Waals surface area contributed by atoms with E-state index in [4.69, 9.17) is 0 Å². The first kappa shape index (κ1) is 17.0. The van der Waals surface area contributed by atoms with Gasteiger partial charge >= 0.3 is 6.03 Å². The lowest BCUT2D eigenvalue weighted by atomic mass is 10.1. The standard InChI is InChI=1S/C19H22N4O2/c1-13-5-4-8-17(21-13)23-18(24)9-10-20-19(25)22-16-11-14-6-2-3-7-15(14)12-16/h2-8,16H,9-12H2,1H3,(H2,20,22,25)(H,21,23,24). The molecule has 1 aromatic heterocycles. The van der Waals surface area contributed by atoms with E-state index in [1.807, 2.05) is 31.2 Å². The van der Waals surface area contributed by atoms with Gasteiger partial charge < -0.3 is 16.0 Å². The van der Waals surface area contributed by atoms with Crippen molar-refractivity contribution in [3.05, 3.63) is 59.3 Å². The Morgan fingerprint density at radius 2 is 1.80 bits per heavy atom. The molecular formula is C19H22N4O2. The van der Waals surface area contributed by atoms with Crippen LogP contribution >= 0.6 is 0 Å². The molecule has 2 aromatic rings. The highest BCUT2D eigenvalue weighted by molar-refractivity contribution is 5.90. The SMILES string of the molecule is Cc1cccc(NC(=O)CCNC(=O)NC2Cc3ccccc3C2)n1. The van der Waals surface area contributed by atoms with Crippen molar-refractivity contribution in [2.24, 2.45) is 0 Å². The molecule has 0 bridgehead atoms. The number of pyridine rings is 1. The van der Waals surface area contributed by atoms with Crippen LogP contribution in [0.25, 0.3) is 0 Å². The Hall–Kier alpha value is -2.89. The summed E-state index contributed by atoms with van der Waals surface area (Å²) >= 11 is 0. The summed E-state index contributed by atoms with van der Waals surface area (Å²) in [5.41, 5.74) is 3.42. The number of aromatic nitrogens is 1. The summed E-state index contributed by atoms with van der Waals surface area (Å²) in [5, 5.41) is 8.42. The second kappa shape index (κ2) is 7.79. The van der Waals surface area contributed by atoms with Crippen LogP contribution in [0.15, 0.2) is 42.5 Å². The summed E-state index contributed by atoms with van der Waals surface area (Å²) in [6.45, 7) is 2.14. The molecule has 0 saturated carbocycles. The number of hydrogen-bond acceptors (Lipinski definition) is 3. The minimum Gasteiger partial charge on any atom is -0.338 e. The molecule has 0 atom stereocenters. The lowest BCUT2D eigenvalue weighted by Gasteiger charge is -2.13. The number of hydrogen-bond donors (Lipinski definition) is 3. The first-order valence-corrected chi connectivity index (χ1v) is 8.45. The molecule has 0 aliphatic heterocycles. The molecule has 1 heterocycles. The molecule has 0 unspecified atom stereocenters. The Bertz CT molecular complexity index is 751. The molecule has 0 fully saturated rings. The van der Waals surface area contributed by atoms with Crippen molar-refractivity contribution in [1.82, 2.24) is 15.6 Å². The van der Waals surface area contributed by atoms with Gasteiger partial charge in [0.2, 0.25) is 5.91 Å². The summed E-state index contributed by atoms with van der Waals surface area (Å²) in [4.78, 5) is 28.1. The quantitative estimate of drug-likeness (QED) is 0.781. The van der Waals surface area contributed by atoms with E-state index >= 15 is 0 Å². The Labute approximate surface area is 147 Å². The molecule has 1 aliphatic carbocycles. The Kier molecular flexibility index (Phi) is 5.28. The number of carbonyl (C=O) groups excluding carboxylic acids is 2. The molecule has 0 saturated heterocycles. The molecule has 0 spiro atoms. The second-order valence-electron chi connectivity index (χ2n) is 6.24. The van der Waals surface area contributed by atoms with Crippen LogP contribution in [0.1, 0.15) is 23.2 Å². The van der Waals surface area contributed by atoms with Gasteiger partial charge in [-0.05, 0) is 43.0 Å². The third-order valence-corrected chi connectivity index (χ3v) is 4.18. The average Bonchev–Trinajstić information content (AvgIpc) is 2.96. The number of amides is 3. The number of benzene rings is 1. The van der Waals surface area contributed by atoms with Crippen molar-refractivity contribution in [2.45, 2.75) is 32.2 Å². The molecule has 6 heteroatoms. The van der Waals surface area contributed by atoms with E-state index in [1.54, 1.807) is 6.07 Å². The van der Waals surface area contributed by atoms with Crippen LogP contribution in [0, 0.1) is 6.92 Å². The van der Waals surface area contributed by atoms with Gasteiger partial charge in [0.25, 0.3) is 0 Å². The first-order valence-electron chi connectivity index (χ1n) is 8.45. The maximum Gasteiger partial charge on any atom is 0.315 e. The Morgan fingerprint density at radius 3 is 2.48 bits per heavy atom. The fourth-order valence-electron chi connectivity index (χ4n) is 3.00. The number of anilines is 1. The molecule has 6 nitrogen and oxygen atoms in total. The Morgan fingerprint density at radius 1 is 1.08 bits per heavy atom. The molecule has 3 N–H and O–H groups in total. The summed E-state index contributed by atoms with van der Waals surface area (Å²) in [7, 11) is 0. The van der Waals surface area contributed by atoms with Gasteiger partial charge in [-0.25, -0.2) is 9.78 Å². The van der Waals surface area contributed by atoms with Crippen molar-refractivity contribution < 1.29 is 9.59 Å². The second-order valence-corrected chi connectivity index (χ2v) is 6.24. The van der Waals surface area contributed by atoms with Crippen LogP contribution in [0.3, 0.4) is 0 Å². The monoisotopic (exact) mass is 338 g/mol. The van der Waals surface area contributed by atoms with Crippen molar-refractivity contribution in [3.8, 4) is 0 Å². The molecule has 3 amide bonds. The normalized spacial score (nSPS) is 13.2. The zero-order valence-electron chi connectivity index (χ0n) is 14.2. The molecular weight excluding hydrogens is 316 g/mol. The fraction of sp³-hybridized carbons (Fsp3) is 0.316. The van der Waals surface area contributed by atoms with Gasteiger partial charge in [-0.2, -0.15) is 0 Å². The fourth-order valence-corrected chi connectivity index (χ4v) is 3.00. The van der Waals surface area contributed by atoms with E-state index in [-0.39, 0.29) is 30.9 Å². The first-order chi connectivity index (χ1) is 12.1. The number of rotatable bonds is 5. The van der Waals surface area contributed by atoms with Crippen molar-refractivity contribution in [3.63, 3.8) is 0 Å². The molecule has 0 radical (unpaired) electrons. The number of nitrogens with zero attached hydrogens (tertiary/aromatic N) is 1. The minimum atomic E-state index is -0.237. The van der Waals surface area contributed by atoms with E-state index in [0.717, 1.165) is 18.5 Å². The van der Waals surface area contributed by atoms with E-state index < -0.39 is 0 Å². The van der Waals surface area contributed by atoms with Gasteiger partial charge in [0.15, 0.2) is 0 Å². The van der Waals surface area contributed by atoms with E-state index in [9.17, 15) is 9.59 Å². The highest BCUT2D eigenvalue weighted by Crippen LogP contribution is 2.21. The molecule has 130 valence electrons. The van der Waals surface area contributed by atoms with Crippen LogP contribution in [0.4, 0.5) is 10.6 Å². The van der Waals surface area contributed by atoms with Gasteiger partial charge in [0, 0.05) is 24.7 Å². The van der Waals surface area contributed by atoms with Crippen LogP contribution in [0.2, 0.25) is 0 Å². The summed E-state index contributed by atoms with van der Waals surface area (Å²) < 4.78 is 0. The summed E-state index contributed by atoms with van der Waals surface area (Å²) in [6, 6.07) is 13.5. The summed E-state index contributed by atoms with van der Waals surface area (Å²) in [6.07, 6.45) is 1.90. The number of nitrogens with one attached hydrogen (secondary N) is 3. The molecule has 1 aromatic carbocycles. The highest BCUT2D eigenvalue weighted by atomic mass is 16.2. The number of urea groups is 1. The molecule has 1 aliphatic rings. The number of aryl methyl sites for hydroxylation is 1. The maximum atomic E-state index is 12.0. The van der Waals surface area contributed by atoms with Gasteiger partial charge in [-0.3, -0.25) is 4.79 Å². The topological polar surface area (TPSA) is 83.1 Å². The van der Waals surface area contributed by atoms with E-state index in [2.05, 4.69) is 33.1 Å². The zero-order valence-corrected chi connectivity index (χ0v) is 14.2. The van der Waals surface area contributed by atoms with Crippen molar-refractivity contribution in [1.29, 1.82) is 0 Å². The predicted molar refractivity (Wildman–Crippen MR) is 96.4 cm³/mol. The largest absolute Gasteiger partial charge is 0.338 e. The van der Waals surface area contributed by atoms with Crippen molar-refractivity contribution >= 4 is 17.8 Å².